The number of thiophene rings is 1. The van der Waals surface area contributed by atoms with E-state index in [2.05, 4.69) is 5.32 Å². The molecule has 140 valence electrons. The largest absolute Gasteiger partial charge is 0.466 e. The van der Waals surface area contributed by atoms with Crippen LogP contribution in [0.1, 0.15) is 51.0 Å². The molecule has 0 aromatic carbocycles. The topological polar surface area (TPSA) is 94.8 Å². The zero-order valence-electron chi connectivity index (χ0n) is 15.1. The molecule has 0 fully saturated rings. The predicted octanol–water partition coefficient (Wildman–Crippen LogP) is 3.49. The molecule has 26 heavy (non-hydrogen) atoms. The number of nitrogens with one attached hydrogen (secondary N) is 1. The molecule has 8 heteroatoms. The second-order valence-electron chi connectivity index (χ2n) is 5.48. The van der Waals surface area contributed by atoms with Gasteiger partial charge >= 0.3 is 11.9 Å². The van der Waals surface area contributed by atoms with Crippen LogP contribution in [0.15, 0.2) is 16.5 Å². The van der Waals surface area contributed by atoms with Crippen molar-refractivity contribution < 1.29 is 28.3 Å². The smallest absolute Gasteiger partial charge is 0.342 e. The maximum Gasteiger partial charge on any atom is 0.342 e. The minimum absolute atomic E-state index is 0.241. The van der Waals surface area contributed by atoms with Gasteiger partial charge in [-0.05, 0) is 39.3 Å². The molecule has 0 aliphatic heterocycles. The molecule has 1 amide bonds. The van der Waals surface area contributed by atoms with E-state index in [0.29, 0.717) is 22.1 Å². The Kier molecular flexibility index (Phi) is 6.57. The van der Waals surface area contributed by atoms with Crippen LogP contribution < -0.4 is 5.32 Å². The second kappa shape index (κ2) is 8.66. The van der Waals surface area contributed by atoms with E-state index in [-0.39, 0.29) is 12.2 Å². The molecular weight excluding hydrogens is 358 g/mol. The summed E-state index contributed by atoms with van der Waals surface area (Å²) in [7, 11) is 0. The van der Waals surface area contributed by atoms with Crippen molar-refractivity contribution in [2.45, 2.75) is 34.1 Å². The number of carbonyl (C=O) groups excluding carboxylic acids is 3. The third-order valence-electron chi connectivity index (χ3n) is 3.48. The molecule has 0 saturated carbocycles. The van der Waals surface area contributed by atoms with Gasteiger partial charge in [0.05, 0.1) is 12.2 Å². The first-order valence-electron chi connectivity index (χ1n) is 8.19. The summed E-state index contributed by atoms with van der Waals surface area (Å²) in [5.41, 5.74) is 0.585. The van der Waals surface area contributed by atoms with Crippen LogP contribution in [0.25, 0.3) is 0 Å². The Bertz CT molecular complexity index is 820. The van der Waals surface area contributed by atoms with Crippen molar-refractivity contribution >= 4 is 34.2 Å². The van der Waals surface area contributed by atoms with E-state index >= 15 is 0 Å². The summed E-state index contributed by atoms with van der Waals surface area (Å²) in [4.78, 5) is 37.1. The van der Waals surface area contributed by atoms with Gasteiger partial charge < -0.3 is 19.2 Å². The van der Waals surface area contributed by atoms with Gasteiger partial charge in [-0.3, -0.25) is 4.79 Å². The molecule has 2 aromatic rings. The van der Waals surface area contributed by atoms with Crippen molar-refractivity contribution in [3.63, 3.8) is 0 Å². The number of anilines is 1. The van der Waals surface area contributed by atoms with E-state index in [4.69, 9.17) is 13.9 Å². The highest BCUT2D eigenvalue weighted by atomic mass is 32.1. The molecule has 7 nitrogen and oxygen atoms in total. The number of carbonyl (C=O) groups is 3. The van der Waals surface area contributed by atoms with E-state index in [0.717, 1.165) is 11.3 Å². The fourth-order valence-electron chi connectivity index (χ4n) is 2.27. The Hall–Kier alpha value is -2.61. The van der Waals surface area contributed by atoms with Gasteiger partial charge in [-0.15, -0.1) is 11.3 Å². The number of furan rings is 1. The number of rotatable bonds is 7. The zero-order valence-corrected chi connectivity index (χ0v) is 16.0. The first-order chi connectivity index (χ1) is 12.3. The summed E-state index contributed by atoms with van der Waals surface area (Å²) in [6.45, 7) is 6.79. The van der Waals surface area contributed by atoms with Gasteiger partial charge in [-0.25, -0.2) is 9.59 Å². The normalized spacial score (nSPS) is 10.5. The molecule has 2 rings (SSSR count). The monoisotopic (exact) mass is 379 g/mol. The summed E-state index contributed by atoms with van der Waals surface area (Å²) < 4.78 is 15.3. The van der Waals surface area contributed by atoms with Crippen LogP contribution in [0, 0.1) is 13.8 Å². The average Bonchev–Trinajstić information content (AvgIpc) is 3.15. The Morgan fingerprint density at radius 1 is 1.08 bits per heavy atom. The fraction of sp³-hybridized carbons (Fsp3) is 0.389. The van der Waals surface area contributed by atoms with Crippen molar-refractivity contribution in [2.24, 2.45) is 0 Å². The van der Waals surface area contributed by atoms with Crippen LogP contribution in [0.4, 0.5) is 5.00 Å². The lowest BCUT2D eigenvalue weighted by Gasteiger charge is -2.07. The van der Waals surface area contributed by atoms with Crippen molar-refractivity contribution in [3.8, 4) is 0 Å². The summed E-state index contributed by atoms with van der Waals surface area (Å²) in [5.74, 6) is -0.654. The Labute approximate surface area is 155 Å². The highest BCUT2D eigenvalue weighted by Gasteiger charge is 2.20. The van der Waals surface area contributed by atoms with E-state index in [9.17, 15) is 14.4 Å². The SMILES string of the molecule is CCOC(=O)c1cc(CC)sc1NC(=O)COC(=O)c1cc(C)oc1C. The summed E-state index contributed by atoms with van der Waals surface area (Å²) in [6, 6.07) is 3.25. The molecule has 0 aliphatic carbocycles. The first-order valence-corrected chi connectivity index (χ1v) is 9.01. The van der Waals surface area contributed by atoms with Crippen molar-refractivity contribution in [2.75, 3.05) is 18.5 Å². The molecule has 0 atom stereocenters. The number of amides is 1. The van der Waals surface area contributed by atoms with E-state index in [1.54, 1.807) is 32.9 Å². The molecule has 0 bridgehead atoms. The van der Waals surface area contributed by atoms with Crippen LogP contribution in [0.5, 0.6) is 0 Å². The zero-order chi connectivity index (χ0) is 19.3. The molecule has 0 saturated heterocycles. The Morgan fingerprint density at radius 2 is 1.77 bits per heavy atom. The molecule has 0 unspecified atom stereocenters. The number of aryl methyl sites for hydroxylation is 3. The Balaban J connectivity index is 2.01. The van der Waals surface area contributed by atoms with E-state index < -0.39 is 24.5 Å². The maximum absolute atomic E-state index is 12.1. The quantitative estimate of drug-likeness (QED) is 0.740. The molecule has 0 spiro atoms. The lowest BCUT2D eigenvalue weighted by molar-refractivity contribution is -0.119. The van der Waals surface area contributed by atoms with Gasteiger partial charge in [0.15, 0.2) is 6.61 Å². The van der Waals surface area contributed by atoms with Gasteiger partial charge in [-0.2, -0.15) is 0 Å². The van der Waals surface area contributed by atoms with Crippen LogP contribution >= 0.6 is 11.3 Å². The van der Waals surface area contributed by atoms with Gasteiger partial charge in [-0.1, -0.05) is 6.92 Å². The number of hydrogen-bond donors (Lipinski definition) is 1. The lowest BCUT2D eigenvalue weighted by atomic mass is 10.2. The number of ether oxygens (including phenoxy) is 2. The van der Waals surface area contributed by atoms with Crippen molar-refractivity contribution in [1.29, 1.82) is 0 Å². The van der Waals surface area contributed by atoms with Crippen LogP contribution in [0.3, 0.4) is 0 Å². The molecule has 2 aromatic heterocycles. The molecule has 0 radical (unpaired) electrons. The van der Waals surface area contributed by atoms with Gasteiger partial charge in [0.25, 0.3) is 5.91 Å². The van der Waals surface area contributed by atoms with Gasteiger partial charge in [0.1, 0.15) is 22.1 Å². The number of hydrogen-bond acceptors (Lipinski definition) is 7. The van der Waals surface area contributed by atoms with Crippen LogP contribution in [-0.4, -0.2) is 31.1 Å². The minimum Gasteiger partial charge on any atom is -0.466 e. The lowest BCUT2D eigenvalue weighted by Crippen LogP contribution is -2.21. The molecule has 1 N–H and O–H groups in total. The predicted molar refractivity (Wildman–Crippen MR) is 96.7 cm³/mol. The standard InChI is InChI=1S/C18H21NO6S/c1-5-12-8-14(18(22)23-6-2)16(26-12)19-15(20)9-24-17(21)13-7-10(3)25-11(13)4/h7-8H,5-6,9H2,1-4H3,(H,19,20). The maximum atomic E-state index is 12.1. The van der Waals surface area contributed by atoms with Crippen LogP contribution in [0.2, 0.25) is 0 Å². The fourth-order valence-corrected chi connectivity index (χ4v) is 3.28. The van der Waals surface area contributed by atoms with E-state index in [1.165, 1.54) is 11.3 Å². The third-order valence-corrected chi connectivity index (χ3v) is 4.67. The van der Waals surface area contributed by atoms with Crippen molar-refractivity contribution in [3.05, 3.63) is 39.7 Å². The molecule has 2 heterocycles. The van der Waals surface area contributed by atoms with Crippen LogP contribution in [-0.2, 0) is 20.7 Å². The summed E-state index contributed by atoms with van der Waals surface area (Å²) in [5, 5.41) is 3.00. The second-order valence-corrected chi connectivity index (χ2v) is 6.62. The van der Waals surface area contributed by atoms with Gasteiger partial charge in [0.2, 0.25) is 0 Å². The third kappa shape index (κ3) is 4.72. The Morgan fingerprint density at radius 3 is 2.35 bits per heavy atom. The van der Waals surface area contributed by atoms with Gasteiger partial charge in [0, 0.05) is 4.88 Å². The average molecular weight is 379 g/mol. The van der Waals surface area contributed by atoms with Crippen molar-refractivity contribution in [1.82, 2.24) is 0 Å². The highest BCUT2D eigenvalue weighted by molar-refractivity contribution is 7.16. The minimum atomic E-state index is -0.638. The molecule has 0 aliphatic rings. The highest BCUT2D eigenvalue weighted by Crippen LogP contribution is 2.29. The number of esters is 2. The van der Waals surface area contributed by atoms with E-state index in [1.807, 2.05) is 6.92 Å². The summed E-state index contributed by atoms with van der Waals surface area (Å²) in [6.07, 6.45) is 0.723. The summed E-state index contributed by atoms with van der Waals surface area (Å²) >= 11 is 1.29. The first kappa shape index (κ1) is 19.7. The molecular formula is C18H21NO6S.